The lowest BCUT2D eigenvalue weighted by Crippen LogP contribution is -2.28. The van der Waals surface area contributed by atoms with Crippen LogP contribution in [0.15, 0.2) is 12.4 Å². The predicted octanol–water partition coefficient (Wildman–Crippen LogP) is 1.62. The lowest BCUT2D eigenvalue weighted by molar-refractivity contribution is -0.0488. The standard InChI is InChI=1S/C12H22N2O2/c1-5-14-7-6-13-11(14)8-10(15)9-16-12(2,3)4/h6-7,10,15H,5,8-9H2,1-4H3. The van der Waals surface area contributed by atoms with Crippen LogP contribution in [0.3, 0.4) is 0 Å². The molecule has 0 amide bonds. The topological polar surface area (TPSA) is 47.3 Å². The Balaban J connectivity index is 2.42. The maximum atomic E-state index is 9.83. The lowest BCUT2D eigenvalue weighted by atomic mass is 10.2. The van der Waals surface area contributed by atoms with E-state index in [-0.39, 0.29) is 5.60 Å². The van der Waals surface area contributed by atoms with Crippen molar-refractivity contribution in [2.75, 3.05) is 6.61 Å². The molecule has 0 bridgehead atoms. The molecule has 1 aromatic heterocycles. The molecule has 16 heavy (non-hydrogen) atoms. The van der Waals surface area contributed by atoms with Gasteiger partial charge in [-0.1, -0.05) is 0 Å². The summed E-state index contributed by atoms with van der Waals surface area (Å²) in [5.74, 6) is 0.910. The van der Waals surface area contributed by atoms with Crippen molar-refractivity contribution in [3.8, 4) is 0 Å². The molecule has 0 aliphatic carbocycles. The molecule has 4 nitrogen and oxygen atoms in total. The zero-order valence-electron chi connectivity index (χ0n) is 10.6. The molecule has 1 atom stereocenters. The number of ether oxygens (including phenoxy) is 1. The highest BCUT2D eigenvalue weighted by molar-refractivity contribution is 4.94. The Kier molecular flexibility index (Phi) is 4.50. The number of aliphatic hydroxyl groups excluding tert-OH is 1. The SMILES string of the molecule is CCn1ccnc1CC(O)COC(C)(C)C. The molecule has 0 saturated heterocycles. The molecule has 1 N–H and O–H groups in total. The summed E-state index contributed by atoms with van der Waals surface area (Å²) in [4.78, 5) is 4.22. The van der Waals surface area contributed by atoms with Crippen molar-refractivity contribution in [1.29, 1.82) is 0 Å². The third kappa shape index (κ3) is 4.33. The maximum Gasteiger partial charge on any atom is 0.111 e. The number of rotatable bonds is 5. The third-order valence-corrected chi connectivity index (χ3v) is 2.27. The summed E-state index contributed by atoms with van der Waals surface area (Å²) >= 11 is 0. The molecule has 0 radical (unpaired) electrons. The second-order valence-corrected chi connectivity index (χ2v) is 4.91. The summed E-state index contributed by atoms with van der Waals surface area (Å²) in [5.41, 5.74) is -0.207. The molecule has 0 aliphatic rings. The zero-order valence-corrected chi connectivity index (χ0v) is 10.6. The maximum absolute atomic E-state index is 9.83. The minimum absolute atomic E-state index is 0.207. The average molecular weight is 226 g/mol. The van der Waals surface area contributed by atoms with Gasteiger partial charge in [0, 0.05) is 25.4 Å². The van der Waals surface area contributed by atoms with E-state index in [1.807, 2.05) is 31.5 Å². The quantitative estimate of drug-likeness (QED) is 0.830. The smallest absolute Gasteiger partial charge is 0.111 e. The van der Waals surface area contributed by atoms with E-state index in [1.165, 1.54) is 0 Å². The van der Waals surface area contributed by atoms with Gasteiger partial charge in [-0.25, -0.2) is 4.98 Å². The number of hydrogen-bond acceptors (Lipinski definition) is 3. The van der Waals surface area contributed by atoms with E-state index in [4.69, 9.17) is 4.74 Å². The monoisotopic (exact) mass is 226 g/mol. The molecule has 0 aliphatic heterocycles. The highest BCUT2D eigenvalue weighted by Crippen LogP contribution is 2.09. The first kappa shape index (κ1) is 13.2. The first-order chi connectivity index (χ1) is 7.42. The molecule has 0 spiro atoms. The van der Waals surface area contributed by atoms with Crippen molar-refractivity contribution >= 4 is 0 Å². The molecule has 1 unspecified atom stereocenters. The first-order valence-electron chi connectivity index (χ1n) is 5.74. The van der Waals surface area contributed by atoms with E-state index < -0.39 is 6.10 Å². The van der Waals surface area contributed by atoms with Crippen LogP contribution in [0.2, 0.25) is 0 Å². The fraction of sp³-hybridized carbons (Fsp3) is 0.750. The van der Waals surface area contributed by atoms with Crippen LogP contribution in [0.1, 0.15) is 33.5 Å². The Morgan fingerprint density at radius 2 is 2.19 bits per heavy atom. The highest BCUT2D eigenvalue weighted by Gasteiger charge is 2.15. The summed E-state index contributed by atoms with van der Waals surface area (Å²) in [7, 11) is 0. The normalized spacial score (nSPS) is 14.1. The van der Waals surface area contributed by atoms with Crippen molar-refractivity contribution in [2.24, 2.45) is 0 Å². The Bertz CT molecular complexity index is 315. The average Bonchev–Trinajstić information content (AvgIpc) is 2.61. The second kappa shape index (κ2) is 5.46. The molecule has 1 aromatic rings. The van der Waals surface area contributed by atoms with Crippen LogP contribution in [0, 0.1) is 0 Å². The van der Waals surface area contributed by atoms with Gasteiger partial charge in [0.05, 0.1) is 18.3 Å². The molecule has 0 fully saturated rings. The van der Waals surface area contributed by atoms with Crippen LogP contribution in [0.4, 0.5) is 0 Å². The van der Waals surface area contributed by atoms with E-state index in [0.717, 1.165) is 12.4 Å². The number of hydrogen-bond donors (Lipinski definition) is 1. The van der Waals surface area contributed by atoms with Gasteiger partial charge in [0.25, 0.3) is 0 Å². The van der Waals surface area contributed by atoms with E-state index in [1.54, 1.807) is 6.20 Å². The minimum Gasteiger partial charge on any atom is -0.390 e. The molecule has 4 heteroatoms. The summed E-state index contributed by atoms with van der Waals surface area (Å²) < 4.78 is 7.55. The van der Waals surface area contributed by atoms with E-state index in [0.29, 0.717) is 13.0 Å². The number of imidazole rings is 1. The van der Waals surface area contributed by atoms with Gasteiger partial charge in [-0.2, -0.15) is 0 Å². The van der Waals surface area contributed by atoms with Crippen molar-refractivity contribution in [3.05, 3.63) is 18.2 Å². The molecule has 0 saturated carbocycles. The van der Waals surface area contributed by atoms with Crippen LogP contribution in [-0.4, -0.2) is 33.0 Å². The Labute approximate surface area is 97.3 Å². The van der Waals surface area contributed by atoms with Crippen LogP contribution in [-0.2, 0) is 17.7 Å². The minimum atomic E-state index is -0.494. The largest absolute Gasteiger partial charge is 0.390 e. The third-order valence-electron chi connectivity index (χ3n) is 2.27. The fourth-order valence-corrected chi connectivity index (χ4v) is 1.43. The van der Waals surface area contributed by atoms with Gasteiger partial charge >= 0.3 is 0 Å². The van der Waals surface area contributed by atoms with Crippen LogP contribution in [0.25, 0.3) is 0 Å². The summed E-state index contributed by atoms with van der Waals surface area (Å²) in [6.07, 6.45) is 3.73. The van der Waals surface area contributed by atoms with E-state index in [9.17, 15) is 5.11 Å². The first-order valence-corrected chi connectivity index (χ1v) is 5.74. The van der Waals surface area contributed by atoms with Crippen LogP contribution < -0.4 is 0 Å². The predicted molar refractivity (Wildman–Crippen MR) is 63.3 cm³/mol. The lowest BCUT2D eigenvalue weighted by Gasteiger charge is -2.21. The highest BCUT2D eigenvalue weighted by atomic mass is 16.5. The molecular weight excluding hydrogens is 204 g/mol. The van der Waals surface area contributed by atoms with Crippen molar-refractivity contribution in [2.45, 2.75) is 52.4 Å². The molecule has 92 valence electrons. The van der Waals surface area contributed by atoms with Gasteiger partial charge in [-0.3, -0.25) is 0 Å². The van der Waals surface area contributed by atoms with Crippen LogP contribution in [0.5, 0.6) is 0 Å². The fourth-order valence-electron chi connectivity index (χ4n) is 1.43. The molecule has 0 aromatic carbocycles. The van der Waals surface area contributed by atoms with Crippen molar-refractivity contribution < 1.29 is 9.84 Å². The van der Waals surface area contributed by atoms with Gasteiger partial charge in [-0.15, -0.1) is 0 Å². The van der Waals surface area contributed by atoms with E-state index in [2.05, 4.69) is 11.9 Å². The Morgan fingerprint density at radius 1 is 1.50 bits per heavy atom. The van der Waals surface area contributed by atoms with Crippen molar-refractivity contribution in [1.82, 2.24) is 9.55 Å². The number of aliphatic hydroxyl groups is 1. The van der Waals surface area contributed by atoms with Crippen molar-refractivity contribution in [3.63, 3.8) is 0 Å². The second-order valence-electron chi connectivity index (χ2n) is 4.91. The van der Waals surface area contributed by atoms with Gasteiger partial charge in [0.1, 0.15) is 5.82 Å². The van der Waals surface area contributed by atoms with E-state index >= 15 is 0 Å². The van der Waals surface area contributed by atoms with Gasteiger partial charge < -0.3 is 14.4 Å². The summed E-state index contributed by atoms with van der Waals surface area (Å²) in [6, 6.07) is 0. The zero-order chi connectivity index (χ0) is 12.2. The van der Waals surface area contributed by atoms with Gasteiger partial charge in [0.2, 0.25) is 0 Å². The van der Waals surface area contributed by atoms with Gasteiger partial charge in [0.15, 0.2) is 0 Å². The number of aromatic nitrogens is 2. The number of aryl methyl sites for hydroxylation is 1. The van der Waals surface area contributed by atoms with Crippen LogP contribution >= 0.6 is 0 Å². The number of nitrogens with zero attached hydrogens (tertiary/aromatic N) is 2. The Hall–Kier alpha value is -0.870. The summed E-state index contributed by atoms with van der Waals surface area (Å²) in [6.45, 7) is 9.22. The Morgan fingerprint density at radius 3 is 2.75 bits per heavy atom. The summed E-state index contributed by atoms with van der Waals surface area (Å²) in [5, 5.41) is 9.83. The molecular formula is C12H22N2O2. The molecule has 1 heterocycles. The van der Waals surface area contributed by atoms with Gasteiger partial charge in [-0.05, 0) is 27.7 Å². The molecule has 1 rings (SSSR count).